The summed E-state index contributed by atoms with van der Waals surface area (Å²) in [7, 11) is 0. The Kier molecular flexibility index (Phi) is 3.80. The second-order valence-corrected chi connectivity index (χ2v) is 6.86. The van der Waals surface area contributed by atoms with E-state index in [1.807, 2.05) is 42.5 Å². The van der Waals surface area contributed by atoms with Gasteiger partial charge in [-0.05, 0) is 40.2 Å². The number of hydrogen-bond donors (Lipinski definition) is 0. The number of benzene rings is 1. The Bertz CT molecular complexity index is 733. The van der Waals surface area contributed by atoms with Gasteiger partial charge in [-0.1, -0.05) is 18.2 Å². The van der Waals surface area contributed by atoms with Crippen LogP contribution in [0.2, 0.25) is 0 Å². The molecular weight excluding hydrogens is 336 g/mol. The van der Waals surface area contributed by atoms with Crippen molar-refractivity contribution in [3.8, 4) is 5.69 Å². The zero-order valence-electron chi connectivity index (χ0n) is 10.5. The molecule has 1 aromatic carbocycles. The number of thiophene rings is 1. The fourth-order valence-electron chi connectivity index (χ4n) is 1.90. The molecule has 20 heavy (non-hydrogen) atoms. The summed E-state index contributed by atoms with van der Waals surface area (Å²) < 4.78 is 2.76. The van der Waals surface area contributed by atoms with Gasteiger partial charge in [-0.2, -0.15) is 5.10 Å². The molecule has 0 saturated heterocycles. The molecule has 2 heterocycles. The molecule has 2 aromatic heterocycles. The average molecular weight is 347 g/mol. The Morgan fingerprint density at radius 3 is 2.70 bits per heavy atom. The lowest BCUT2D eigenvalue weighted by Gasteiger charge is -1.99. The summed E-state index contributed by atoms with van der Waals surface area (Å²) in [5, 5.41) is 4.24. The average Bonchev–Trinajstić information content (AvgIpc) is 3.09. The molecule has 0 spiro atoms. The van der Waals surface area contributed by atoms with Crippen LogP contribution in [-0.4, -0.2) is 15.6 Å². The number of ketones is 1. The third kappa shape index (κ3) is 2.89. The van der Waals surface area contributed by atoms with E-state index in [0.717, 1.165) is 14.4 Å². The lowest BCUT2D eigenvalue weighted by molar-refractivity contribution is 0.0994. The molecule has 0 fully saturated rings. The van der Waals surface area contributed by atoms with E-state index in [-0.39, 0.29) is 5.78 Å². The van der Waals surface area contributed by atoms with Gasteiger partial charge in [0, 0.05) is 17.5 Å². The molecule has 0 N–H and O–H groups in total. The molecule has 3 nitrogen and oxygen atoms in total. The molecule has 100 valence electrons. The molecule has 0 aliphatic rings. The van der Waals surface area contributed by atoms with Gasteiger partial charge < -0.3 is 0 Å². The fraction of sp³-hybridized carbons (Fsp3) is 0.0667. The van der Waals surface area contributed by atoms with Crippen LogP contribution in [0.5, 0.6) is 0 Å². The predicted octanol–water partition coefficient (Wildman–Crippen LogP) is 4.12. The summed E-state index contributed by atoms with van der Waals surface area (Å²) in [6, 6.07) is 13.7. The first-order chi connectivity index (χ1) is 9.72. The third-order valence-electron chi connectivity index (χ3n) is 2.89. The molecule has 0 amide bonds. The quantitative estimate of drug-likeness (QED) is 0.666. The monoisotopic (exact) mass is 346 g/mol. The van der Waals surface area contributed by atoms with Gasteiger partial charge in [-0.15, -0.1) is 11.3 Å². The smallest absolute Gasteiger partial charge is 0.171 e. The summed E-state index contributed by atoms with van der Waals surface area (Å²) in [6.07, 6.45) is 3.81. The third-order valence-corrected chi connectivity index (χ3v) is 4.51. The highest BCUT2D eigenvalue weighted by atomic mass is 79.9. The number of para-hydroxylation sites is 1. The van der Waals surface area contributed by atoms with Crippen molar-refractivity contribution < 1.29 is 4.79 Å². The first kappa shape index (κ1) is 13.3. The van der Waals surface area contributed by atoms with E-state index in [4.69, 9.17) is 0 Å². The molecule has 0 unspecified atom stereocenters. The number of halogens is 1. The van der Waals surface area contributed by atoms with Crippen molar-refractivity contribution in [2.75, 3.05) is 0 Å². The van der Waals surface area contributed by atoms with E-state index < -0.39 is 0 Å². The van der Waals surface area contributed by atoms with Gasteiger partial charge in [0.1, 0.15) is 0 Å². The highest BCUT2D eigenvalue weighted by Crippen LogP contribution is 2.23. The Labute approximate surface area is 129 Å². The minimum absolute atomic E-state index is 0.0848. The predicted molar refractivity (Wildman–Crippen MR) is 83.6 cm³/mol. The van der Waals surface area contributed by atoms with Gasteiger partial charge in [-0.25, -0.2) is 4.68 Å². The number of aromatic nitrogens is 2. The molecule has 0 bridgehead atoms. The van der Waals surface area contributed by atoms with Crippen LogP contribution in [0, 0.1) is 0 Å². The van der Waals surface area contributed by atoms with Gasteiger partial charge in [0.25, 0.3) is 0 Å². The van der Waals surface area contributed by atoms with E-state index in [0.29, 0.717) is 12.0 Å². The first-order valence-electron chi connectivity index (χ1n) is 6.10. The standard InChI is InChI=1S/C15H11BrN2OS/c16-15-7-6-13(20-15)8-14(19)11-9-17-18(10-11)12-4-2-1-3-5-12/h1-7,9-10H,8H2. The molecule has 0 aliphatic heterocycles. The van der Waals surface area contributed by atoms with Gasteiger partial charge in [0.2, 0.25) is 0 Å². The Balaban J connectivity index is 1.78. The van der Waals surface area contributed by atoms with Crippen molar-refractivity contribution in [2.45, 2.75) is 6.42 Å². The van der Waals surface area contributed by atoms with E-state index in [2.05, 4.69) is 21.0 Å². The van der Waals surface area contributed by atoms with Crippen molar-refractivity contribution in [3.05, 3.63) is 69.1 Å². The number of carbonyl (C=O) groups excluding carboxylic acids is 1. The van der Waals surface area contributed by atoms with Crippen LogP contribution in [0.3, 0.4) is 0 Å². The van der Waals surface area contributed by atoms with Crippen LogP contribution in [0.1, 0.15) is 15.2 Å². The lowest BCUT2D eigenvalue weighted by Crippen LogP contribution is -2.01. The minimum Gasteiger partial charge on any atom is -0.294 e. The lowest BCUT2D eigenvalue weighted by atomic mass is 10.1. The Morgan fingerprint density at radius 2 is 2.00 bits per heavy atom. The number of nitrogens with zero attached hydrogens (tertiary/aromatic N) is 2. The van der Waals surface area contributed by atoms with Crippen LogP contribution in [0.15, 0.2) is 58.6 Å². The highest BCUT2D eigenvalue weighted by Gasteiger charge is 2.11. The maximum Gasteiger partial charge on any atom is 0.171 e. The topological polar surface area (TPSA) is 34.9 Å². The number of rotatable bonds is 4. The number of hydrogen-bond acceptors (Lipinski definition) is 3. The normalized spacial score (nSPS) is 10.7. The number of carbonyl (C=O) groups is 1. The van der Waals surface area contributed by atoms with Crippen molar-refractivity contribution in [2.24, 2.45) is 0 Å². The van der Waals surface area contributed by atoms with Crippen LogP contribution in [-0.2, 0) is 6.42 Å². The zero-order chi connectivity index (χ0) is 13.9. The van der Waals surface area contributed by atoms with Gasteiger partial charge in [-0.3, -0.25) is 4.79 Å². The summed E-state index contributed by atoms with van der Waals surface area (Å²) in [4.78, 5) is 13.3. The Morgan fingerprint density at radius 1 is 1.20 bits per heavy atom. The molecule has 3 rings (SSSR count). The first-order valence-corrected chi connectivity index (χ1v) is 7.71. The SMILES string of the molecule is O=C(Cc1ccc(Br)s1)c1cnn(-c2ccccc2)c1. The second kappa shape index (κ2) is 5.73. The number of Topliss-reactive ketones (excluding diaryl/α,β-unsaturated/α-hetero) is 1. The zero-order valence-corrected chi connectivity index (χ0v) is 12.9. The van der Waals surface area contributed by atoms with E-state index in [1.54, 1.807) is 28.4 Å². The fourth-order valence-corrected chi connectivity index (χ4v) is 3.38. The summed E-state index contributed by atoms with van der Waals surface area (Å²) >= 11 is 4.99. The van der Waals surface area contributed by atoms with Crippen LogP contribution in [0.4, 0.5) is 0 Å². The summed E-state index contributed by atoms with van der Waals surface area (Å²) in [5.41, 5.74) is 1.59. The maximum absolute atomic E-state index is 12.2. The molecular formula is C15H11BrN2OS. The van der Waals surface area contributed by atoms with E-state index >= 15 is 0 Å². The minimum atomic E-state index is 0.0848. The Hall–Kier alpha value is -1.72. The van der Waals surface area contributed by atoms with Crippen molar-refractivity contribution in [3.63, 3.8) is 0 Å². The highest BCUT2D eigenvalue weighted by molar-refractivity contribution is 9.11. The molecule has 5 heteroatoms. The van der Waals surface area contributed by atoms with Crippen molar-refractivity contribution in [1.82, 2.24) is 9.78 Å². The van der Waals surface area contributed by atoms with Gasteiger partial charge >= 0.3 is 0 Å². The second-order valence-electron chi connectivity index (χ2n) is 4.31. The molecule has 0 saturated carbocycles. The van der Waals surface area contributed by atoms with Gasteiger partial charge in [0.05, 0.1) is 21.2 Å². The molecule has 0 radical (unpaired) electrons. The van der Waals surface area contributed by atoms with E-state index in [9.17, 15) is 4.79 Å². The largest absolute Gasteiger partial charge is 0.294 e. The molecule has 0 aliphatic carbocycles. The van der Waals surface area contributed by atoms with Crippen LogP contribution < -0.4 is 0 Å². The molecule has 3 aromatic rings. The molecule has 0 atom stereocenters. The van der Waals surface area contributed by atoms with Crippen molar-refractivity contribution >= 4 is 33.0 Å². The summed E-state index contributed by atoms with van der Waals surface area (Å²) in [5.74, 6) is 0.0848. The summed E-state index contributed by atoms with van der Waals surface area (Å²) in [6.45, 7) is 0. The van der Waals surface area contributed by atoms with Crippen molar-refractivity contribution in [1.29, 1.82) is 0 Å². The van der Waals surface area contributed by atoms with E-state index in [1.165, 1.54) is 0 Å². The van der Waals surface area contributed by atoms with Gasteiger partial charge in [0.15, 0.2) is 5.78 Å². The maximum atomic E-state index is 12.2. The van der Waals surface area contributed by atoms with Crippen LogP contribution >= 0.6 is 27.3 Å². The van der Waals surface area contributed by atoms with Crippen LogP contribution in [0.25, 0.3) is 5.69 Å².